The number of carbonyl (C=O) groups is 1. The summed E-state index contributed by atoms with van der Waals surface area (Å²) in [6.07, 6.45) is 3.40. The minimum Gasteiger partial charge on any atom is -0.466 e. The molecule has 2 fully saturated rings. The van der Waals surface area contributed by atoms with Gasteiger partial charge >= 0.3 is 5.97 Å². The van der Waals surface area contributed by atoms with Gasteiger partial charge in [-0.2, -0.15) is 0 Å². The Hall–Kier alpha value is -0.610. The smallest absolute Gasteiger partial charge is 0.306 e. The molecule has 0 aliphatic heterocycles. The highest BCUT2D eigenvalue weighted by molar-refractivity contribution is 5.70. The molecule has 38 heavy (non-hydrogen) atoms. The van der Waals surface area contributed by atoms with Gasteiger partial charge in [0.05, 0.1) is 25.2 Å². The zero-order chi connectivity index (χ0) is 29.6. The van der Waals surface area contributed by atoms with Crippen LogP contribution in [0.5, 0.6) is 0 Å². The molecule has 0 aromatic heterocycles. The van der Waals surface area contributed by atoms with Gasteiger partial charge in [0.25, 0.3) is 0 Å². The number of ether oxygens (including phenoxy) is 1. The Balaban J connectivity index is 2.67. The molecule has 0 amide bonds. The average molecular weight is 537 g/mol. The van der Waals surface area contributed by atoms with E-state index in [0.29, 0.717) is 24.9 Å². The molecule has 0 spiro atoms. The number of aliphatic hydroxyl groups excluding tert-OH is 2. The lowest BCUT2D eigenvalue weighted by Crippen LogP contribution is -2.55. The number of rotatable bonds is 5. The van der Waals surface area contributed by atoms with E-state index < -0.39 is 0 Å². The summed E-state index contributed by atoms with van der Waals surface area (Å²) in [6, 6.07) is 0. The van der Waals surface area contributed by atoms with Gasteiger partial charge in [-0.25, -0.2) is 0 Å². The Kier molecular flexibility index (Phi) is 10.0. The van der Waals surface area contributed by atoms with Gasteiger partial charge < -0.3 is 14.9 Å². The summed E-state index contributed by atoms with van der Waals surface area (Å²) >= 11 is 0. The highest BCUT2D eigenvalue weighted by Crippen LogP contribution is 2.60. The summed E-state index contributed by atoms with van der Waals surface area (Å²) in [6.45, 7) is 31.7. The molecule has 0 bridgehead atoms. The van der Waals surface area contributed by atoms with Crippen molar-refractivity contribution in [1.82, 2.24) is 0 Å². The van der Waals surface area contributed by atoms with E-state index >= 15 is 0 Å². The summed E-state index contributed by atoms with van der Waals surface area (Å²) in [5.41, 5.74) is -0.394. The molecule has 4 atom stereocenters. The quantitative estimate of drug-likeness (QED) is 0.348. The van der Waals surface area contributed by atoms with E-state index in [1.165, 1.54) is 0 Å². The number of aliphatic hydroxyl groups is 2. The zero-order valence-corrected chi connectivity index (χ0v) is 27.6. The Labute approximate surface area is 236 Å². The summed E-state index contributed by atoms with van der Waals surface area (Å²) in [5.74, 6) is 1.15. The molecule has 4 heteroatoms. The van der Waals surface area contributed by atoms with Crippen LogP contribution >= 0.6 is 0 Å². The maximum Gasteiger partial charge on any atom is 0.306 e. The van der Waals surface area contributed by atoms with Crippen LogP contribution < -0.4 is 0 Å². The van der Waals surface area contributed by atoms with Gasteiger partial charge in [0.1, 0.15) is 0 Å². The van der Waals surface area contributed by atoms with Gasteiger partial charge in [-0.1, -0.05) is 90.0 Å². The van der Waals surface area contributed by atoms with Crippen molar-refractivity contribution in [1.29, 1.82) is 0 Å². The lowest BCUT2D eigenvalue weighted by molar-refractivity contribution is -0.161. The summed E-state index contributed by atoms with van der Waals surface area (Å²) < 4.78 is 5.60. The van der Waals surface area contributed by atoms with Gasteiger partial charge in [-0.15, -0.1) is 0 Å². The summed E-state index contributed by atoms with van der Waals surface area (Å²) in [7, 11) is 0. The van der Waals surface area contributed by atoms with Crippen LogP contribution in [0.2, 0.25) is 0 Å². The van der Waals surface area contributed by atoms with E-state index in [-0.39, 0.29) is 68.9 Å². The second kappa shape index (κ2) is 11.3. The maximum absolute atomic E-state index is 13.3. The molecule has 4 unspecified atom stereocenters. The van der Waals surface area contributed by atoms with E-state index in [2.05, 4.69) is 90.0 Å². The second-order valence-electron chi connectivity index (χ2n) is 17.7. The van der Waals surface area contributed by atoms with Gasteiger partial charge in [-0.3, -0.25) is 4.79 Å². The van der Waals surface area contributed by atoms with Crippen molar-refractivity contribution in [3.05, 3.63) is 0 Å². The second-order valence-corrected chi connectivity index (χ2v) is 17.7. The predicted octanol–water partition coefficient (Wildman–Crippen LogP) is 8.14. The predicted molar refractivity (Wildman–Crippen MR) is 159 cm³/mol. The van der Waals surface area contributed by atoms with Crippen molar-refractivity contribution >= 4 is 5.97 Å². The molecule has 2 aliphatic carbocycles. The molecule has 2 N–H and O–H groups in total. The van der Waals surface area contributed by atoms with Crippen molar-refractivity contribution in [2.75, 3.05) is 6.61 Å². The van der Waals surface area contributed by atoms with Crippen LogP contribution in [0.25, 0.3) is 0 Å². The Morgan fingerprint density at radius 1 is 0.605 bits per heavy atom. The van der Waals surface area contributed by atoms with E-state index in [1.54, 1.807) is 0 Å². The third-order valence-corrected chi connectivity index (χ3v) is 10.9. The molecule has 0 aromatic rings. The lowest BCUT2D eigenvalue weighted by atomic mass is 9.48. The fourth-order valence-corrected chi connectivity index (χ4v) is 8.22. The van der Waals surface area contributed by atoms with Crippen molar-refractivity contribution < 1.29 is 19.7 Å². The van der Waals surface area contributed by atoms with E-state index in [0.717, 1.165) is 25.7 Å². The van der Waals surface area contributed by atoms with Gasteiger partial charge in [0.2, 0.25) is 0 Å². The molecular weight excluding hydrogens is 472 g/mol. The summed E-state index contributed by atoms with van der Waals surface area (Å²) in [5, 5.41) is 23.3. The topological polar surface area (TPSA) is 66.8 Å². The fourth-order valence-electron chi connectivity index (χ4n) is 8.22. The first kappa shape index (κ1) is 33.6. The number of hydrogen-bond acceptors (Lipinski definition) is 4. The monoisotopic (exact) mass is 536 g/mol. The number of carbonyl (C=O) groups excluding carboxylic acids is 1. The van der Waals surface area contributed by atoms with E-state index in [4.69, 9.17) is 4.74 Å². The molecule has 2 aliphatic rings. The Morgan fingerprint density at radius 3 is 1.08 bits per heavy atom. The van der Waals surface area contributed by atoms with E-state index in [1.807, 2.05) is 6.92 Å². The van der Waals surface area contributed by atoms with Crippen LogP contribution in [0.1, 0.15) is 129 Å². The maximum atomic E-state index is 13.3. The van der Waals surface area contributed by atoms with Crippen molar-refractivity contribution in [3.8, 4) is 0 Å². The lowest BCUT2D eigenvalue weighted by Gasteiger charge is -2.58. The third-order valence-electron chi connectivity index (χ3n) is 10.9. The molecule has 0 radical (unpaired) electrons. The molecular formula is C34H64O4. The minimum absolute atomic E-state index is 0.0307. The van der Waals surface area contributed by atoms with Crippen LogP contribution in [0.4, 0.5) is 0 Å². The number of hydrogen-bond donors (Lipinski definition) is 2. The first-order chi connectivity index (χ1) is 16.9. The average Bonchev–Trinajstić information content (AvgIpc) is 2.70. The number of esters is 1. The fraction of sp³-hybridized carbons (Fsp3) is 0.971. The molecule has 2 saturated carbocycles. The Bertz CT molecular complexity index is 685. The first-order valence-electron chi connectivity index (χ1n) is 15.5. The molecule has 4 nitrogen and oxygen atoms in total. The van der Waals surface area contributed by atoms with Crippen LogP contribution in [-0.2, 0) is 9.53 Å². The van der Waals surface area contributed by atoms with Gasteiger partial charge in [0.15, 0.2) is 0 Å². The van der Waals surface area contributed by atoms with Crippen molar-refractivity contribution in [2.45, 2.75) is 141 Å². The van der Waals surface area contributed by atoms with Crippen molar-refractivity contribution in [2.24, 2.45) is 62.6 Å². The van der Waals surface area contributed by atoms with Crippen LogP contribution in [0.3, 0.4) is 0 Å². The minimum atomic E-state index is -0.351. The zero-order valence-electron chi connectivity index (χ0n) is 27.6. The summed E-state index contributed by atoms with van der Waals surface area (Å²) in [4.78, 5) is 13.3. The molecule has 0 heterocycles. The highest BCUT2D eigenvalue weighted by atomic mass is 16.5. The van der Waals surface area contributed by atoms with Crippen LogP contribution in [0, 0.1) is 62.6 Å². The normalized spacial score (nSPS) is 35.5. The molecule has 0 aromatic carbocycles. The third kappa shape index (κ3) is 7.36. The van der Waals surface area contributed by atoms with Crippen LogP contribution in [-0.4, -0.2) is 35.0 Å². The van der Waals surface area contributed by atoms with Gasteiger partial charge in [0, 0.05) is 0 Å². The first-order valence-corrected chi connectivity index (χ1v) is 15.5. The SMILES string of the molecule is CCOC(=O)CC(C)(C1CC(C(C)(C)C)C(O)C(C(C)(C)C)C1)C1CC(C(C)(C)C)C(O)C(C(C)(C)C)C1. The molecule has 0 saturated heterocycles. The largest absolute Gasteiger partial charge is 0.466 e. The highest BCUT2D eigenvalue weighted by Gasteiger charge is 2.56. The molecule has 2 rings (SSSR count). The standard InChI is InChI=1S/C34H64O4/c1-15-38-27(35)20-34(14,21-16-23(30(2,3)4)28(36)24(17-21)31(5,6)7)22-18-25(32(8,9)10)29(37)26(19-22)33(11,12)13/h21-26,28-29,36-37H,15-20H2,1-14H3. The van der Waals surface area contributed by atoms with Crippen LogP contribution in [0.15, 0.2) is 0 Å². The van der Waals surface area contributed by atoms with Crippen molar-refractivity contribution in [3.63, 3.8) is 0 Å². The Morgan fingerprint density at radius 2 is 0.868 bits per heavy atom. The van der Waals surface area contributed by atoms with Gasteiger partial charge in [-0.05, 0) is 95.2 Å². The van der Waals surface area contributed by atoms with E-state index in [9.17, 15) is 15.0 Å². The molecule has 224 valence electrons.